The Bertz CT molecular complexity index is 3560. The van der Waals surface area contributed by atoms with Crippen LogP contribution in [0, 0.1) is 32.1 Å². The van der Waals surface area contributed by atoms with Crippen LogP contribution in [0.5, 0.6) is 11.5 Å². The molecule has 33 heteroatoms. The molecule has 12 N–H and O–H groups in total. The minimum Gasteiger partial charge on any atom is -0.394 e. The Hall–Kier alpha value is -11.9. The van der Waals surface area contributed by atoms with Crippen molar-refractivity contribution in [3.8, 4) is 11.5 Å². The molecule has 33 nitrogen and oxygen atoms in total. The molecule has 14 amide bonds. The Morgan fingerprint density at radius 2 is 0.814 bits per heavy atom. The predicted molar refractivity (Wildman–Crippen MR) is 368 cm³/mol. The Balaban J connectivity index is 1.08. The number of primary amides is 2. The van der Waals surface area contributed by atoms with Crippen LogP contribution in [-0.2, 0) is 60.8 Å². The number of carbonyl (C=O) groups excluding carboxylic acids is 13. The van der Waals surface area contributed by atoms with Gasteiger partial charge in [-0.15, -0.1) is 0 Å². The van der Waals surface area contributed by atoms with Crippen LogP contribution in [0.4, 0.5) is 37.1 Å². The summed E-state index contributed by atoms with van der Waals surface area (Å²) in [6.45, 7) is 7.38. The largest absolute Gasteiger partial charge is 0.519 e. The van der Waals surface area contributed by atoms with Crippen molar-refractivity contribution >= 4 is 100 Å². The van der Waals surface area contributed by atoms with E-state index >= 15 is 0 Å². The van der Waals surface area contributed by atoms with Gasteiger partial charge in [0.2, 0.25) is 35.4 Å². The second-order valence-electron chi connectivity index (χ2n) is 24.8. The molecule has 0 saturated heterocycles. The second-order valence-corrected chi connectivity index (χ2v) is 24.8. The molecule has 544 valence electrons. The molecule has 0 fully saturated rings. The third-order valence-corrected chi connectivity index (χ3v) is 16.2. The van der Waals surface area contributed by atoms with Crippen LogP contribution in [0.15, 0.2) is 109 Å². The molecule has 0 unspecified atom stereocenters. The number of non-ortho nitro benzene ring substituents is 2. The first-order valence-corrected chi connectivity index (χ1v) is 33.1. The molecule has 6 rings (SSSR count). The van der Waals surface area contributed by atoms with E-state index in [9.17, 15) is 82.6 Å². The number of nitrogens with two attached hydrogens (primary N) is 2. The standard InChI is InChI=1S/C69H84N14O19/c1-41(2)61(78-55(84)15-7-5-9-35-80-57(86)29-30-58(80)87)65(92)76-51(13-11-33-72-67(70)94)63(90)74-47-21-17-43(18-22-47)37-45-39-49(82(97)98)25-27-53(45)101-69(96)102-54-28-26-50(83(99)100)40-46(54)38-44-19-23-48(24-20-44)75-64(91)52(14-12-34-73-68(71)95)77-66(93)62(42(3)4)79-56(85)16-8-6-10-36-81-59(88)31-32-60(81)89/h17-32,39-42,51-52,61-62H,5-16,33-38H2,1-4H3,(H,74,90)(H,75,91)(H,76,92)(H,77,93)(H,78,84)(H,79,85)(H3,70,72,94)(H3,71,73,95)/t51-,52-,61-,62-/m0/s1. The fourth-order valence-corrected chi connectivity index (χ4v) is 10.8. The summed E-state index contributed by atoms with van der Waals surface area (Å²) in [7, 11) is 0. The molecule has 0 aromatic heterocycles. The van der Waals surface area contributed by atoms with Crippen molar-refractivity contribution in [1.82, 2.24) is 41.7 Å². The highest BCUT2D eigenvalue weighted by molar-refractivity contribution is 6.13. The van der Waals surface area contributed by atoms with Crippen molar-refractivity contribution in [2.24, 2.45) is 23.3 Å². The number of urea groups is 2. The van der Waals surface area contributed by atoms with Gasteiger partial charge < -0.3 is 63.5 Å². The normalized spacial score (nSPS) is 13.6. The molecule has 0 radical (unpaired) electrons. The topological polar surface area (TPSA) is 481 Å². The highest BCUT2D eigenvalue weighted by atomic mass is 16.7. The minimum absolute atomic E-state index is 0.0238. The first-order chi connectivity index (χ1) is 48.5. The zero-order valence-corrected chi connectivity index (χ0v) is 56.8. The lowest BCUT2D eigenvalue weighted by molar-refractivity contribution is -0.385. The van der Waals surface area contributed by atoms with Crippen LogP contribution in [0.1, 0.15) is 127 Å². The number of nitro groups is 2. The van der Waals surface area contributed by atoms with Crippen molar-refractivity contribution in [1.29, 1.82) is 0 Å². The Labute approximate surface area is 586 Å². The molecule has 2 aliphatic heterocycles. The number of nitrogens with one attached hydrogen (secondary N) is 8. The quantitative estimate of drug-likeness (QED) is 0.00678. The molecule has 0 aliphatic carbocycles. The van der Waals surface area contributed by atoms with Gasteiger partial charge >= 0.3 is 18.2 Å². The van der Waals surface area contributed by atoms with Crippen molar-refractivity contribution in [2.45, 2.75) is 142 Å². The maximum absolute atomic E-state index is 13.9. The summed E-state index contributed by atoms with van der Waals surface area (Å²) in [5.74, 6) is -6.25. The third-order valence-electron chi connectivity index (χ3n) is 16.2. The van der Waals surface area contributed by atoms with Gasteiger partial charge in [-0.1, -0.05) is 64.8 Å². The first kappa shape index (κ1) is 79.1. The third kappa shape index (κ3) is 25.4. The average Bonchev–Trinajstić information content (AvgIpc) is 1.06. The lowest BCUT2D eigenvalue weighted by atomic mass is 10.0. The number of amides is 14. The Morgan fingerprint density at radius 1 is 0.461 bits per heavy atom. The summed E-state index contributed by atoms with van der Waals surface area (Å²) in [4.78, 5) is 190. The Kier molecular flexibility index (Phi) is 30.2. The number of carbonyl (C=O) groups is 13. The van der Waals surface area contributed by atoms with E-state index in [-0.39, 0.29) is 123 Å². The molecule has 102 heavy (non-hydrogen) atoms. The van der Waals surface area contributed by atoms with E-state index in [1.54, 1.807) is 52.0 Å². The number of nitrogens with zero attached hydrogens (tertiary/aromatic N) is 4. The summed E-state index contributed by atoms with van der Waals surface area (Å²) in [5, 5.41) is 45.3. The lowest BCUT2D eigenvalue weighted by Crippen LogP contribution is -2.54. The number of hydrogen-bond acceptors (Lipinski definition) is 19. The molecule has 0 spiro atoms. The maximum Gasteiger partial charge on any atom is 0.519 e. The van der Waals surface area contributed by atoms with E-state index in [1.165, 1.54) is 72.8 Å². The van der Waals surface area contributed by atoms with Crippen LogP contribution in [0.2, 0.25) is 0 Å². The monoisotopic (exact) mass is 1410 g/mol. The van der Waals surface area contributed by atoms with Crippen LogP contribution in [-0.4, -0.2) is 147 Å². The molecular formula is C69H84N14O19. The van der Waals surface area contributed by atoms with E-state index in [0.717, 1.165) is 21.9 Å². The SMILES string of the molecule is CC(C)[C@H](NC(=O)CCCCCN1C(=O)C=CC1=O)C(=O)N[C@@H](CCCNC(N)=O)C(=O)Nc1ccc(Cc2cc([N+](=O)[O-])ccc2OC(=O)Oc2ccc([N+](=O)[O-])cc2Cc2ccc(NC(=O)[C@H](CCCNC(N)=O)NC(=O)[C@@H](NC(=O)CCCCCN3C(=O)C=CC3=O)C(C)C)cc2)cc1. The highest BCUT2D eigenvalue weighted by Crippen LogP contribution is 2.31. The molecule has 2 aliphatic rings. The van der Waals surface area contributed by atoms with E-state index in [1.807, 2.05) is 0 Å². The average molecular weight is 1410 g/mol. The second kappa shape index (κ2) is 39.0. The van der Waals surface area contributed by atoms with E-state index < -0.39 is 123 Å². The maximum atomic E-state index is 13.9. The molecule has 4 atom stereocenters. The van der Waals surface area contributed by atoms with Gasteiger partial charge in [-0.05, 0) is 111 Å². The summed E-state index contributed by atoms with van der Waals surface area (Å²) in [6.07, 6.45) is 6.63. The minimum atomic E-state index is -1.32. The number of nitro benzene ring substituents is 2. The molecule has 4 aromatic rings. The van der Waals surface area contributed by atoms with Gasteiger partial charge in [0.25, 0.3) is 35.0 Å². The van der Waals surface area contributed by atoms with Crippen LogP contribution < -0.4 is 63.5 Å². The van der Waals surface area contributed by atoms with Crippen molar-refractivity contribution in [3.63, 3.8) is 0 Å². The highest BCUT2D eigenvalue weighted by Gasteiger charge is 2.32. The molecular weight excluding hydrogens is 1330 g/mol. The number of benzene rings is 4. The zero-order chi connectivity index (χ0) is 74.6. The van der Waals surface area contributed by atoms with Gasteiger partial charge in [-0.25, -0.2) is 14.4 Å². The van der Waals surface area contributed by atoms with Crippen molar-refractivity contribution < 1.29 is 81.6 Å². The summed E-state index contributed by atoms with van der Waals surface area (Å²) >= 11 is 0. The fraction of sp³-hybridized carbons (Fsp3) is 0.406. The molecule has 4 aromatic carbocycles. The van der Waals surface area contributed by atoms with Gasteiger partial charge in [0.05, 0.1) is 9.85 Å². The van der Waals surface area contributed by atoms with Gasteiger partial charge in [0.15, 0.2) is 0 Å². The van der Waals surface area contributed by atoms with Crippen LogP contribution in [0.25, 0.3) is 0 Å². The summed E-state index contributed by atoms with van der Waals surface area (Å²) in [5.41, 5.74) is 11.6. The number of unbranched alkanes of at least 4 members (excludes halogenated alkanes) is 4. The number of imide groups is 2. The number of anilines is 2. The van der Waals surface area contributed by atoms with E-state index in [4.69, 9.17) is 20.9 Å². The predicted octanol–water partition coefficient (Wildman–Crippen LogP) is 5.26. The van der Waals surface area contributed by atoms with Crippen molar-refractivity contribution in [2.75, 3.05) is 36.8 Å². The zero-order valence-electron chi connectivity index (χ0n) is 56.8. The fourth-order valence-electron chi connectivity index (χ4n) is 10.8. The molecule has 0 bridgehead atoms. The number of hydrogen-bond donors (Lipinski definition) is 10. The number of rotatable bonds is 40. The Morgan fingerprint density at radius 3 is 1.14 bits per heavy atom. The van der Waals surface area contributed by atoms with E-state index in [2.05, 4.69) is 42.5 Å². The van der Waals surface area contributed by atoms with Crippen molar-refractivity contribution in [3.05, 3.63) is 152 Å². The lowest BCUT2D eigenvalue weighted by Gasteiger charge is -2.25. The summed E-state index contributed by atoms with van der Waals surface area (Å²) in [6, 6.07) is 13.3. The smallest absolute Gasteiger partial charge is 0.394 e. The molecule has 0 saturated carbocycles. The molecule has 2 heterocycles. The van der Waals surface area contributed by atoms with Gasteiger partial charge in [0, 0.05) is 123 Å². The van der Waals surface area contributed by atoms with E-state index in [0.29, 0.717) is 49.7 Å². The summed E-state index contributed by atoms with van der Waals surface area (Å²) < 4.78 is 11.3. The van der Waals surface area contributed by atoms with Gasteiger partial charge in [0.1, 0.15) is 35.7 Å². The van der Waals surface area contributed by atoms with Gasteiger partial charge in [-0.3, -0.25) is 78.0 Å². The number of ether oxygens (including phenoxy) is 2. The van der Waals surface area contributed by atoms with Crippen LogP contribution >= 0.6 is 0 Å². The van der Waals surface area contributed by atoms with Gasteiger partial charge in [-0.2, -0.15) is 0 Å². The first-order valence-electron chi connectivity index (χ1n) is 33.1. The van der Waals surface area contributed by atoms with Crippen LogP contribution in [0.3, 0.4) is 0 Å².